The van der Waals surface area contributed by atoms with Crippen molar-refractivity contribution in [3.63, 3.8) is 0 Å². The van der Waals surface area contributed by atoms with E-state index >= 15 is 0 Å². The molecule has 3 fully saturated rings. The van der Waals surface area contributed by atoms with Gasteiger partial charge in [-0.3, -0.25) is 9.05 Å². The molecule has 0 spiro atoms. The molecule has 30 heavy (non-hydrogen) atoms. The molecule has 0 aromatic carbocycles. The minimum atomic E-state index is -3.82. The fourth-order valence-electron chi connectivity index (χ4n) is 3.76. The first kappa shape index (κ1) is 25.5. The van der Waals surface area contributed by atoms with Crippen LogP contribution in [0.15, 0.2) is 0 Å². The number of hydrogen-bond donors (Lipinski definition) is 4. The van der Waals surface area contributed by atoms with Crippen molar-refractivity contribution in [2.24, 2.45) is 5.41 Å². The lowest BCUT2D eigenvalue weighted by atomic mass is 9.87. The average molecular weight is 508 g/mol. The maximum absolute atomic E-state index is 10.8. The van der Waals surface area contributed by atoms with Crippen molar-refractivity contribution in [3.8, 4) is 0 Å². The zero-order valence-electron chi connectivity index (χ0n) is 17.2. The molecule has 3 saturated heterocycles. The first-order chi connectivity index (χ1) is 13.7. The summed E-state index contributed by atoms with van der Waals surface area (Å²) in [4.78, 5) is 21.0. The van der Waals surface area contributed by atoms with E-state index in [4.69, 9.17) is 51.2 Å². The van der Waals surface area contributed by atoms with E-state index in [-0.39, 0.29) is 18.6 Å². The van der Waals surface area contributed by atoms with Crippen LogP contribution >= 0.6 is 13.4 Å². The highest BCUT2D eigenvalue weighted by Gasteiger charge is 2.50. The molecule has 0 radical (unpaired) electrons. The van der Waals surface area contributed by atoms with Crippen LogP contribution in [-0.4, -0.2) is 82.0 Å². The molecular weight excluding hydrogens is 478 g/mol. The molecule has 176 valence electrons. The van der Waals surface area contributed by atoms with Crippen LogP contribution in [0.25, 0.3) is 0 Å². The molecule has 0 amide bonds. The Kier molecular flexibility index (Phi) is 7.89. The second-order valence-corrected chi connectivity index (χ2v) is 14.6. The number of ether oxygens (including phenoxy) is 2. The smallest absolute Gasteiger partial charge is 0.325 e. The lowest BCUT2D eigenvalue weighted by molar-refractivity contribution is -0.0368. The Bertz CT molecular complexity index is 719. The lowest BCUT2D eigenvalue weighted by Gasteiger charge is -2.27. The van der Waals surface area contributed by atoms with Gasteiger partial charge in [0.2, 0.25) is 0 Å². The van der Waals surface area contributed by atoms with Gasteiger partial charge in [0.05, 0.1) is 25.4 Å². The summed E-state index contributed by atoms with van der Waals surface area (Å²) in [6, 6.07) is 0. The highest BCUT2D eigenvalue weighted by atomic mass is 32.5. The Hall–Kier alpha value is 0.900. The zero-order valence-corrected chi connectivity index (χ0v) is 20.6. The standard InChI is InChI=1S/C16H30O10P2S2/c1-8-14-13(18)10(23-8)6-21-28(20,30)26-15-11(7-22-27(19,29)25-14)24-9(12(15)17)5-16(2,3)4/h8-15,17-18H,5-7H2,1-4H3,(H,19,29)(H,20,30)/t8-,9-,10+,11+,12+,13-,14?,15?,27?,28?/m0/s1. The second-order valence-electron chi connectivity index (χ2n) is 9.01. The second kappa shape index (κ2) is 9.27. The number of hydrogen-bond acceptors (Lipinski definition) is 10. The third-order valence-corrected chi connectivity index (χ3v) is 8.25. The third-order valence-electron chi connectivity index (χ3n) is 5.13. The van der Waals surface area contributed by atoms with Crippen molar-refractivity contribution in [2.45, 2.75) is 82.9 Å². The van der Waals surface area contributed by atoms with Gasteiger partial charge in [0.25, 0.3) is 0 Å². The predicted molar refractivity (Wildman–Crippen MR) is 114 cm³/mol. The topological polar surface area (TPSA) is 136 Å². The van der Waals surface area contributed by atoms with Gasteiger partial charge in [-0.1, -0.05) is 20.8 Å². The van der Waals surface area contributed by atoms with Gasteiger partial charge in [0, 0.05) is 0 Å². The maximum Gasteiger partial charge on any atom is 0.325 e. The van der Waals surface area contributed by atoms with Crippen molar-refractivity contribution in [2.75, 3.05) is 13.2 Å². The average Bonchev–Trinajstić information content (AvgIpc) is 3.01. The van der Waals surface area contributed by atoms with Crippen LogP contribution < -0.4 is 0 Å². The fourth-order valence-corrected chi connectivity index (χ4v) is 6.69. The molecule has 4 unspecified atom stereocenters. The summed E-state index contributed by atoms with van der Waals surface area (Å²) in [6.07, 6.45) is -6.79. The molecule has 0 aliphatic carbocycles. The molecule has 3 heterocycles. The van der Waals surface area contributed by atoms with Gasteiger partial charge in [-0.2, -0.15) is 0 Å². The molecular formula is C16H30O10P2S2. The highest BCUT2D eigenvalue weighted by Crippen LogP contribution is 2.52. The molecule has 0 aromatic heterocycles. The van der Waals surface area contributed by atoms with Crippen LogP contribution in [0.5, 0.6) is 0 Å². The molecule has 3 rings (SSSR count). The van der Waals surface area contributed by atoms with Gasteiger partial charge < -0.3 is 38.5 Å². The third kappa shape index (κ3) is 6.27. The van der Waals surface area contributed by atoms with Crippen LogP contribution in [0.4, 0.5) is 0 Å². The minimum Gasteiger partial charge on any atom is -0.388 e. The van der Waals surface area contributed by atoms with Gasteiger partial charge in [-0.05, 0) is 42.4 Å². The van der Waals surface area contributed by atoms with E-state index in [1.54, 1.807) is 6.92 Å². The van der Waals surface area contributed by atoms with E-state index < -0.39 is 62.3 Å². The summed E-state index contributed by atoms with van der Waals surface area (Å²) in [6.45, 7) is -0.505. The summed E-state index contributed by atoms with van der Waals surface area (Å²) < 4.78 is 33.4. The summed E-state index contributed by atoms with van der Waals surface area (Å²) in [7, 11) is 0. The molecule has 10 nitrogen and oxygen atoms in total. The Morgan fingerprint density at radius 2 is 1.40 bits per heavy atom. The Morgan fingerprint density at radius 1 is 0.867 bits per heavy atom. The van der Waals surface area contributed by atoms with Crippen LogP contribution in [0.2, 0.25) is 0 Å². The van der Waals surface area contributed by atoms with Gasteiger partial charge in [-0.15, -0.1) is 0 Å². The number of aliphatic hydroxyl groups excluding tert-OH is 2. The largest absolute Gasteiger partial charge is 0.388 e. The van der Waals surface area contributed by atoms with E-state index in [9.17, 15) is 20.0 Å². The van der Waals surface area contributed by atoms with Crippen molar-refractivity contribution in [1.82, 2.24) is 0 Å². The van der Waals surface area contributed by atoms with Crippen LogP contribution in [0, 0.1) is 5.41 Å². The van der Waals surface area contributed by atoms with Crippen molar-refractivity contribution < 1.29 is 47.6 Å². The van der Waals surface area contributed by atoms with E-state index in [2.05, 4.69) is 0 Å². The first-order valence-corrected chi connectivity index (χ1v) is 14.8. The van der Waals surface area contributed by atoms with Crippen molar-refractivity contribution >= 4 is 37.1 Å². The van der Waals surface area contributed by atoms with Crippen LogP contribution in [0.1, 0.15) is 34.1 Å². The monoisotopic (exact) mass is 508 g/mol. The fraction of sp³-hybridized carbons (Fsp3) is 1.00. The van der Waals surface area contributed by atoms with Crippen molar-refractivity contribution in [1.29, 1.82) is 0 Å². The van der Waals surface area contributed by atoms with E-state index in [1.807, 2.05) is 20.8 Å². The Morgan fingerprint density at radius 3 is 1.97 bits per heavy atom. The zero-order chi connectivity index (χ0) is 22.5. The van der Waals surface area contributed by atoms with Crippen LogP contribution in [-0.2, 0) is 51.2 Å². The van der Waals surface area contributed by atoms with Crippen molar-refractivity contribution in [3.05, 3.63) is 0 Å². The summed E-state index contributed by atoms with van der Waals surface area (Å²) in [5.74, 6) is 0. The number of fused-ring (bicyclic) bond motifs is 3. The number of rotatable bonds is 1. The minimum absolute atomic E-state index is 0.152. The van der Waals surface area contributed by atoms with E-state index in [0.717, 1.165) is 0 Å². The highest BCUT2D eigenvalue weighted by molar-refractivity contribution is 8.07. The summed E-state index contributed by atoms with van der Waals surface area (Å²) >= 11 is 10.2. The molecule has 0 aromatic rings. The summed E-state index contributed by atoms with van der Waals surface area (Å²) in [5, 5.41) is 21.2. The first-order valence-electron chi connectivity index (χ1n) is 9.66. The quantitative estimate of drug-likeness (QED) is 0.376. The van der Waals surface area contributed by atoms with Gasteiger partial charge in [0.1, 0.15) is 36.6 Å². The molecule has 0 saturated carbocycles. The normalized spacial score (nSPS) is 50.9. The van der Waals surface area contributed by atoms with Crippen LogP contribution in [0.3, 0.4) is 0 Å². The SMILES string of the molecule is C[C@@H]1O[C@@H]2COP(O)(=S)OC3[C@@H](COP(O)(=S)OC1[C@H]2O)O[C@@H](CC(C)(C)C)[C@H]3O. The van der Waals surface area contributed by atoms with E-state index in [0.29, 0.717) is 6.42 Å². The van der Waals surface area contributed by atoms with Gasteiger partial charge in [-0.25, -0.2) is 0 Å². The Labute approximate surface area is 186 Å². The molecule has 14 heteroatoms. The van der Waals surface area contributed by atoms with Gasteiger partial charge in [0.15, 0.2) is 0 Å². The summed E-state index contributed by atoms with van der Waals surface area (Å²) in [5.41, 5.74) is -0.152. The molecule has 3 aliphatic rings. The molecule has 3 aliphatic heterocycles. The molecule has 10 atom stereocenters. The van der Waals surface area contributed by atoms with E-state index in [1.165, 1.54) is 0 Å². The predicted octanol–water partition coefficient (Wildman–Crippen LogP) is 0.950. The Balaban J connectivity index is 1.84. The maximum atomic E-state index is 10.8. The number of aliphatic hydroxyl groups is 2. The van der Waals surface area contributed by atoms with Gasteiger partial charge >= 0.3 is 13.4 Å². The lowest BCUT2D eigenvalue weighted by Crippen LogP contribution is -2.37. The molecule has 4 N–H and O–H groups in total. The molecule has 2 bridgehead atoms.